The van der Waals surface area contributed by atoms with Crippen LogP contribution in [0.3, 0.4) is 0 Å². The number of rotatable bonds is 0. The van der Waals surface area contributed by atoms with E-state index >= 15 is 0 Å². The van der Waals surface area contributed by atoms with E-state index in [1.54, 1.807) is 0 Å². The Balaban J connectivity index is 2.35. The summed E-state index contributed by atoms with van der Waals surface area (Å²) in [7, 11) is 0. The van der Waals surface area contributed by atoms with Crippen molar-refractivity contribution in [3.63, 3.8) is 0 Å². The Morgan fingerprint density at radius 3 is 2.25 bits per heavy atom. The molecule has 0 radical (unpaired) electrons. The molecule has 0 aliphatic heterocycles. The van der Waals surface area contributed by atoms with Crippen molar-refractivity contribution in [2.24, 2.45) is 0 Å². The number of hydrogen-bond donors (Lipinski definition) is 0. The molecule has 0 saturated carbocycles. The maximum atomic E-state index is 2.31. The van der Waals surface area contributed by atoms with Crippen LogP contribution in [-0.4, -0.2) is 0 Å². The van der Waals surface area contributed by atoms with Gasteiger partial charge in [-0.05, 0) is 63.4 Å². The standard InChI is InChI=1S/C20H16/c1-13-6-5-8-15-10-11-17-12-16-7-3-4-9-18(16)14(2)20(17)19(13)15/h3-12H,1-2H3. The first-order chi connectivity index (χ1) is 9.75. The van der Waals surface area contributed by atoms with Crippen molar-refractivity contribution in [1.82, 2.24) is 0 Å². The summed E-state index contributed by atoms with van der Waals surface area (Å²) in [4.78, 5) is 0. The van der Waals surface area contributed by atoms with Crippen LogP contribution in [0.2, 0.25) is 0 Å². The van der Waals surface area contributed by atoms with E-state index in [4.69, 9.17) is 0 Å². The Kier molecular flexibility index (Phi) is 2.34. The first-order valence-electron chi connectivity index (χ1n) is 7.06. The summed E-state index contributed by atoms with van der Waals surface area (Å²) >= 11 is 0. The van der Waals surface area contributed by atoms with Crippen molar-refractivity contribution < 1.29 is 0 Å². The molecule has 0 unspecified atom stereocenters. The van der Waals surface area contributed by atoms with Crippen LogP contribution in [0.15, 0.2) is 60.7 Å². The van der Waals surface area contributed by atoms with Gasteiger partial charge in [-0.2, -0.15) is 0 Å². The van der Waals surface area contributed by atoms with Gasteiger partial charge in [-0.3, -0.25) is 0 Å². The highest BCUT2D eigenvalue weighted by atomic mass is 14.1. The third-order valence-electron chi connectivity index (χ3n) is 4.34. The Labute approximate surface area is 118 Å². The van der Waals surface area contributed by atoms with Crippen LogP contribution < -0.4 is 0 Å². The van der Waals surface area contributed by atoms with Crippen molar-refractivity contribution in [2.45, 2.75) is 13.8 Å². The summed E-state index contributed by atoms with van der Waals surface area (Å²) in [5.41, 5.74) is 2.74. The van der Waals surface area contributed by atoms with E-state index in [9.17, 15) is 0 Å². The van der Waals surface area contributed by atoms with E-state index in [0.29, 0.717) is 0 Å². The van der Waals surface area contributed by atoms with Crippen LogP contribution in [-0.2, 0) is 0 Å². The first kappa shape index (κ1) is 11.5. The Hall–Kier alpha value is -2.34. The summed E-state index contributed by atoms with van der Waals surface area (Å²) in [6, 6.07) is 22.0. The van der Waals surface area contributed by atoms with Gasteiger partial charge in [0.25, 0.3) is 0 Å². The van der Waals surface area contributed by atoms with E-state index in [1.165, 1.54) is 43.4 Å². The summed E-state index contributed by atoms with van der Waals surface area (Å²) in [5.74, 6) is 0. The smallest absolute Gasteiger partial charge is 0.00670 e. The van der Waals surface area contributed by atoms with E-state index in [0.717, 1.165) is 0 Å². The Morgan fingerprint density at radius 2 is 1.35 bits per heavy atom. The largest absolute Gasteiger partial charge is 0.0616 e. The van der Waals surface area contributed by atoms with Gasteiger partial charge in [0, 0.05) is 0 Å². The van der Waals surface area contributed by atoms with Crippen LogP contribution in [0.1, 0.15) is 11.1 Å². The summed E-state index contributed by atoms with van der Waals surface area (Å²) < 4.78 is 0. The molecule has 0 saturated heterocycles. The second-order valence-electron chi connectivity index (χ2n) is 5.56. The lowest BCUT2D eigenvalue weighted by Gasteiger charge is -2.12. The monoisotopic (exact) mass is 256 g/mol. The lowest BCUT2D eigenvalue weighted by Crippen LogP contribution is -1.87. The van der Waals surface area contributed by atoms with Gasteiger partial charge in [0.15, 0.2) is 0 Å². The first-order valence-corrected chi connectivity index (χ1v) is 7.06. The molecule has 4 rings (SSSR count). The summed E-state index contributed by atoms with van der Waals surface area (Å²) in [6.07, 6.45) is 0. The molecule has 4 aromatic rings. The van der Waals surface area contributed by atoms with Crippen molar-refractivity contribution in [2.75, 3.05) is 0 Å². The molecule has 0 amide bonds. The van der Waals surface area contributed by atoms with Gasteiger partial charge >= 0.3 is 0 Å². The molecule has 0 spiro atoms. The van der Waals surface area contributed by atoms with Crippen molar-refractivity contribution in [1.29, 1.82) is 0 Å². The highest BCUT2D eigenvalue weighted by Crippen LogP contribution is 2.34. The lowest BCUT2D eigenvalue weighted by molar-refractivity contribution is 1.53. The Morgan fingerprint density at radius 1 is 0.600 bits per heavy atom. The van der Waals surface area contributed by atoms with E-state index in [2.05, 4.69) is 74.5 Å². The molecule has 0 bridgehead atoms. The maximum absolute atomic E-state index is 2.31. The predicted octanol–water partition coefficient (Wildman–Crippen LogP) is 5.76. The average Bonchev–Trinajstić information content (AvgIpc) is 2.47. The van der Waals surface area contributed by atoms with Crippen LogP contribution in [0.5, 0.6) is 0 Å². The third kappa shape index (κ3) is 1.48. The fourth-order valence-corrected chi connectivity index (χ4v) is 3.37. The molecule has 0 atom stereocenters. The highest BCUT2D eigenvalue weighted by Gasteiger charge is 2.08. The minimum Gasteiger partial charge on any atom is -0.0616 e. The van der Waals surface area contributed by atoms with E-state index in [1.807, 2.05) is 0 Å². The lowest BCUT2D eigenvalue weighted by atomic mass is 9.92. The zero-order valence-electron chi connectivity index (χ0n) is 11.8. The van der Waals surface area contributed by atoms with Gasteiger partial charge in [-0.15, -0.1) is 0 Å². The maximum Gasteiger partial charge on any atom is -0.00670 e. The third-order valence-corrected chi connectivity index (χ3v) is 4.34. The van der Waals surface area contributed by atoms with Crippen molar-refractivity contribution in [3.05, 3.63) is 71.8 Å². The zero-order valence-corrected chi connectivity index (χ0v) is 11.8. The molecule has 0 heteroatoms. The molecule has 0 heterocycles. The normalized spacial score (nSPS) is 11.5. The van der Waals surface area contributed by atoms with Gasteiger partial charge in [-0.1, -0.05) is 54.6 Å². The summed E-state index contributed by atoms with van der Waals surface area (Å²) in [5, 5.41) is 8.15. The highest BCUT2D eigenvalue weighted by molar-refractivity contribution is 6.15. The molecule has 4 aromatic carbocycles. The molecular formula is C20H16. The SMILES string of the molecule is Cc1cccc2ccc3cc4ccccc4c(C)c3c12. The van der Waals surface area contributed by atoms with Crippen molar-refractivity contribution in [3.8, 4) is 0 Å². The minimum atomic E-state index is 1.32. The fourth-order valence-electron chi connectivity index (χ4n) is 3.37. The molecule has 20 heavy (non-hydrogen) atoms. The van der Waals surface area contributed by atoms with Gasteiger partial charge < -0.3 is 0 Å². The topological polar surface area (TPSA) is 0 Å². The Bertz CT molecular complexity index is 962. The second-order valence-corrected chi connectivity index (χ2v) is 5.56. The molecule has 0 N–H and O–H groups in total. The quantitative estimate of drug-likeness (QED) is 0.277. The molecule has 0 nitrogen and oxygen atoms in total. The van der Waals surface area contributed by atoms with Crippen LogP contribution >= 0.6 is 0 Å². The van der Waals surface area contributed by atoms with Crippen LogP contribution in [0.25, 0.3) is 32.3 Å². The minimum absolute atomic E-state index is 1.32. The predicted molar refractivity (Wildman–Crippen MR) is 88.4 cm³/mol. The second kappa shape index (κ2) is 4.08. The average molecular weight is 256 g/mol. The molecule has 0 aliphatic carbocycles. The number of benzene rings is 4. The van der Waals surface area contributed by atoms with E-state index in [-0.39, 0.29) is 0 Å². The van der Waals surface area contributed by atoms with E-state index < -0.39 is 0 Å². The molecule has 0 aromatic heterocycles. The molecule has 96 valence electrons. The number of aryl methyl sites for hydroxylation is 2. The molecular weight excluding hydrogens is 240 g/mol. The van der Waals surface area contributed by atoms with Gasteiger partial charge in [0.05, 0.1) is 0 Å². The van der Waals surface area contributed by atoms with Crippen molar-refractivity contribution >= 4 is 32.3 Å². The van der Waals surface area contributed by atoms with Gasteiger partial charge in [-0.25, -0.2) is 0 Å². The van der Waals surface area contributed by atoms with Gasteiger partial charge in [0.1, 0.15) is 0 Å². The fraction of sp³-hybridized carbons (Fsp3) is 0.100. The van der Waals surface area contributed by atoms with Crippen LogP contribution in [0.4, 0.5) is 0 Å². The number of hydrogen-bond acceptors (Lipinski definition) is 0. The number of fused-ring (bicyclic) bond motifs is 4. The molecule has 0 fully saturated rings. The summed E-state index contributed by atoms with van der Waals surface area (Å²) in [6.45, 7) is 4.45. The zero-order chi connectivity index (χ0) is 13.7. The molecule has 0 aliphatic rings. The van der Waals surface area contributed by atoms with Crippen LogP contribution in [0, 0.1) is 13.8 Å². The van der Waals surface area contributed by atoms with Gasteiger partial charge in [0.2, 0.25) is 0 Å².